The van der Waals surface area contributed by atoms with Gasteiger partial charge in [-0.15, -0.1) is 0 Å². The van der Waals surface area contributed by atoms with Crippen LogP contribution in [0.1, 0.15) is 44.2 Å². The van der Waals surface area contributed by atoms with E-state index in [1.807, 2.05) is 0 Å². The fraction of sp³-hybridized carbons (Fsp3) is 0.364. The van der Waals surface area contributed by atoms with Crippen LogP contribution in [0.3, 0.4) is 0 Å². The molecule has 2 aliphatic rings. The number of rotatable bonds is 2. The van der Waals surface area contributed by atoms with Crippen molar-refractivity contribution in [1.82, 2.24) is 0 Å². The first-order valence-electron chi connectivity index (χ1n) is 8.67. The predicted octanol–water partition coefficient (Wildman–Crippen LogP) is 3.84. The standard InChI is InChI=1S/C22H24/c1-3-22(4-2)14-13-17-10-11-19-18-8-6-5-7-16(18)9-12-20(19)21(17)15-22/h5-11,13H,3-4,12,14-15H2,1-2H3. The molecule has 2 aliphatic carbocycles. The molecular formula is C22H24. The molecule has 0 aromatic heterocycles. The Hall–Kier alpha value is -1.82. The monoisotopic (exact) mass is 288 g/mol. The minimum absolute atomic E-state index is 0.485. The average molecular weight is 288 g/mol. The zero-order valence-corrected chi connectivity index (χ0v) is 13.7. The fourth-order valence-electron chi connectivity index (χ4n) is 4.29. The summed E-state index contributed by atoms with van der Waals surface area (Å²) in [6.45, 7) is 4.72. The minimum atomic E-state index is 0.485. The number of fused-ring (bicyclic) bond motifs is 4. The molecule has 2 aromatic rings. The zero-order valence-electron chi connectivity index (χ0n) is 13.7. The van der Waals surface area contributed by atoms with Gasteiger partial charge in [0.25, 0.3) is 0 Å². The maximum Gasteiger partial charge on any atom is -0.00791 e. The Morgan fingerprint density at radius 3 is 2.45 bits per heavy atom. The van der Waals surface area contributed by atoms with Gasteiger partial charge in [-0.05, 0) is 69.5 Å². The molecule has 0 N–H and O–H groups in total. The van der Waals surface area contributed by atoms with Gasteiger partial charge < -0.3 is 0 Å². The van der Waals surface area contributed by atoms with Crippen molar-refractivity contribution in [2.24, 2.45) is 5.41 Å². The van der Waals surface area contributed by atoms with Crippen molar-refractivity contribution in [2.45, 2.75) is 46.0 Å². The summed E-state index contributed by atoms with van der Waals surface area (Å²) in [5.74, 6) is 0. The Balaban J connectivity index is 2.04. The normalized spacial score (nSPS) is 17.5. The second kappa shape index (κ2) is 5.12. The van der Waals surface area contributed by atoms with Crippen LogP contribution in [0.4, 0.5) is 0 Å². The maximum atomic E-state index is 2.49. The lowest BCUT2D eigenvalue weighted by Gasteiger charge is -2.35. The molecule has 0 aliphatic heterocycles. The van der Waals surface area contributed by atoms with E-state index in [1.54, 1.807) is 11.1 Å². The smallest absolute Gasteiger partial charge is 0.00791 e. The first kappa shape index (κ1) is 13.8. The van der Waals surface area contributed by atoms with Crippen LogP contribution < -0.4 is 10.4 Å². The molecule has 0 bridgehead atoms. The van der Waals surface area contributed by atoms with Crippen molar-refractivity contribution in [1.29, 1.82) is 0 Å². The van der Waals surface area contributed by atoms with Crippen LogP contribution in [0.2, 0.25) is 0 Å². The van der Waals surface area contributed by atoms with E-state index in [9.17, 15) is 0 Å². The van der Waals surface area contributed by atoms with Gasteiger partial charge in [0.15, 0.2) is 0 Å². The predicted molar refractivity (Wildman–Crippen MR) is 93.8 cm³/mol. The Morgan fingerprint density at radius 1 is 0.818 bits per heavy atom. The van der Waals surface area contributed by atoms with Crippen LogP contribution in [0, 0.1) is 15.9 Å². The third-order valence-electron chi connectivity index (χ3n) is 6.05. The highest BCUT2D eigenvalue weighted by Crippen LogP contribution is 2.37. The fourth-order valence-corrected chi connectivity index (χ4v) is 4.29. The number of hydrogen-bond donors (Lipinski definition) is 0. The van der Waals surface area contributed by atoms with Gasteiger partial charge in [-0.1, -0.05) is 62.4 Å². The lowest BCUT2D eigenvalue weighted by atomic mass is 9.70. The van der Waals surface area contributed by atoms with E-state index in [-0.39, 0.29) is 0 Å². The van der Waals surface area contributed by atoms with E-state index in [0.717, 1.165) is 6.42 Å². The summed E-state index contributed by atoms with van der Waals surface area (Å²) in [7, 11) is 0. The summed E-state index contributed by atoms with van der Waals surface area (Å²) in [6, 6.07) is 13.5. The minimum Gasteiger partial charge on any atom is -0.0764 e. The summed E-state index contributed by atoms with van der Waals surface area (Å²) in [5.41, 5.74) is 3.69. The van der Waals surface area contributed by atoms with Crippen molar-refractivity contribution in [2.75, 3.05) is 0 Å². The molecule has 0 heteroatoms. The quantitative estimate of drug-likeness (QED) is 0.787. The SMILES string of the molecule is CCC1(CC)CC=c2ccc3c(c2C1)CC=c1ccccc1=3. The molecule has 0 unspecified atom stereocenters. The average Bonchev–Trinajstić information content (AvgIpc) is 2.60. The van der Waals surface area contributed by atoms with Crippen LogP contribution in [0.5, 0.6) is 0 Å². The summed E-state index contributed by atoms with van der Waals surface area (Å²) < 4.78 is 0. The van der Waals surface area contributed by atoms with Crippen LogP contribution in [0.25, 0.3) is 12.2 Å². The third-order valence-corrected chi connectivity index (χ3v) is 6.05. The van der Waals surface area contributed by atoms with Crippen LogP contribution in [0.15, 0.2) is 36.4 Å². The molecule has 112 valence electrons. The molecule has 0 amide bonds. The van der Waals surface area contributed by atoms with Crippen molar-refractivity contribution in [3.8, 4) is 0 Å². The van der Waals surface area contributed by atoms with E-state index in [1.165, 1.54) is 46.6 Å². The van der Waals surface area contributed by atoms with Crippen LogP contribution in [-0.4, -0.2) is 0 Å². The second-order valence-corrected chi connectivity index (χ2v) is 6.95. The molecule has 0 spiro atoms. The number of benzene rings is 2. The molecule has 0 heterocycles. The molecule has 0 atom stereocenters. The van der Waals surface area contributed by atoms with Crippen molar-refractivity contribution in [3.05, 3.63) is 68.4 Å². The Bertz CT molecular complexity index is 927. The zero-order chi connectivity index (χ0) is 15.2. The molecular weight excluding hydrogens is 264 g/mol. The highest BCUT2D eigenvalue weighted by atomic mass is 14.3. The largest absolute Gasteiger partial charge is 0.0764 e. The van der Waals surface area contributed by atoms with Gasteiger partial charge >= 0.3 is 0 Å². The molecule has 0 saturated heterocycles. The van der Waals surface area contributed by atoms with E-state index >= 15 is 0 Å². The first-order valence-corrected chi connectivity index (χ1v) is 8.67. The summed E-state index contributed by atoms with van der Waals surface area (Å²) in [4.78, 5) is 0. The van der Waals surface area contributed by atoms with Crippen molar-refractivity contribution >= 4 is 12.2 Å². The lowest BCUT2D eigenvalue weighted by Crippen LogP contribution is -2.31. The van der Waals surface area contributed by atoms with Crippen LogP contribution >= 0.6 is 0 Å². The molecule has 22 heavy (non-hydrogen) atoms. The molecule has 0 fully saturated rings. The second-order valence-electron chi connectivity index (χ2n) is 6.95. The topological polar surface area (TPSA) is 0 Å². The van der Waals surface area contributed by atoms with Gasteiger partial charge in [-0.2, -0.15) is 0 Å². The van der Waals surface area contributed by atoms with Gasteiger partial charge in [0.2, 0.25) is 0 Å². The van der Waals surface area contributed by atoms with Crippen LogP contribution in [-0.2, 0) is 12.8 Å². The summed E-state index contributed by atoms with van der Waals surface area (Å²) >= 11 is 0. The lowest BCUT2D eigenvalue weighted by molar-refractivity contribution is 0.264. The first-order chi connectivity index (χ1) is 10.8. The van der Waals surface area contributed by atoms with Gasteiger partial charge in [-0.3, -0.25) is 0 Å². The molecule has 2 aromatic carbocycles. The highest BCUT2D eigenvalue weighted by Gasteiger charge is 2.29. The molecule has 0 saturated carbocycles. The Morgan fingerprint density at radius 2 is 1.64 bits per heavy atom. The Labute approximate surface area is 132 Å². The highest BCUT2D eigenvalue weighted by molar-refractivity contribution is 5.48. The van der Waals surface area contributed by atoms with E-state index < -0.39 is 0 Å². The molecule has 0 radical (unpaired) electrons. The van der Waals surface area contributed by atoms with Gasteiger partial charge in [0, 0.05) is 0 Å². The van der Waals surface area contributed by atoms with Gasteiger partial charge in [-0.25, -0.2) is 0 Å². The summed E-state index contributed by atoms with van der Waals surface area (Å²) in [6.07, 6.45) is 11.1. The number of hydrogen-bond acceptors (Lipinski definition) is 0. The van der Waals surface area contributed by atoms with E-state index in [4.69, 9.17) is 0 Å². The molecule has 0 nitrogen and oxygen atoms in total. The van der Waals surface area contributed by atoms with Gasteiger partial charge in [0.1, 0.15) is 0 Å². The maximum absolute atomic E-state index is 2.49. The third kappa shape index (κ3) is 1.97. The van der Waals surface area contributed by atoms with E-state index in [0.29, 0.717) is 5.41 Å². The van der Waals surface area contributed by atoms with Gasteiger partial charge in [0.05, 0.1) is 0 Å². The van der Waals surface area contributed by atoms with Crippen molar-refractivity contribution < 1.29 is 0 Å². The Kier molecular flexibility index (Phi) is 3.22. The molecule has 4 rings (SSSR count). The van der Waals surface area contributed by atoms with Crippen molar-refractivity contribution in [3.63, 3.8) is 0 Å². The summed E-state index contributed by atoms with van der Waals surface area (Å²) in [5, 5.41) is 5.76. The van der Waals surface area contributed by atoms with E-state index in [2.05, 4.69) is 62.4 Å².